The van der Waals surface area contributed by atoms with Gasteiger partial charge in [0, 0.05) is 0 Å². The number of benzene rings is 2. The second-order valence-corrected chi connectivity index (χ2v) is 5.96. The summed E-state index contributed by atoms with van der Waals surface area (Å²) in [5, 5.41) is 0. The van der Waals surface area contributed by atoms with Gasteiger partial charge in [-0.3, -0.25) is 4.58 Å². The van der Waals surface area contributed by atoms with Crippen molar-refractivity contribution < 1.29 is 9.31 Å². The van der Waals surface area contributed by atoms with E-state index >= 15 is 0 Å². The highest BCUT2D eigenvalue weighted by atomic mass is 16.5. The van der Waals surface area contributed by atoms with E-state index in [2.05, 4.69) is 73.0 Å². The van der Waals surface area contributed by atoms with Gasteiger partial charge in [0.25, 0.3) is 5.84 Å². The molecular formula is C19H23N2O+. The van der Waals surface area contributed by atoms with E-state index in [4.69, 9.17) is 4.74 Å². The van der Waals surface area contributed by atoms with Crippen molar-refractivity contribution in [3.05, 3.63) is 60.2 Å². The van der Waals surface area contributed by atoms with Crippen LogP contribution in [-0.2, 0) is 0 Å². The molecule has 1 aliphatic rings. The predicted octanol–water partition coefficient (Wildman–Crippen LogP) is 3.56. The Labute approximate surface area is 132 Å². The molecule has 0 aliphatic carbocycles. The van der Waals surface area contributed by atoms with Crippen LogP contribution < -0.4 is 9.64 Å². The van der Waals surface area contributed by atoms with Crippen LogP contribution in [0.3, 0.4) is 0 Å². The third-order valence-corrected chi connectivity index (χ3v) is 4.36. The van der Waals surface area contributed by atoms with Crippen LogP contribution >= 0.6 is 0 Å². The molecule has 0 aromatic heterocycles. The third kappa shape index (κ3) is 2.37. The number of ether oxygens (including phenoxy) is 1. The Kier molecular flexibility index (Phi) is 3.88. The van der Waals surface area contributed by atoms with Crippen LogP contribution in [-0.4, -0.2) is 31.6 Å². The molecule has 2 atom stereocenters. The summed E-state index contributed by atoms with van der Waals surface area (Å²) in [6, 6.07) is 19.4. The number of amidine groups is 1. The van der Waals surface area contributed by atoms with E-state index in [0.29, 0.717) is 12.0 Å². The van der Waals surface area contributed by atoms with Gasteiger partial charge in [-0.2, -0.15) is 0 Å². The molecular weight excluding hydrogens is 272 g/mol. The highest BCUT2D eigenvalue weighted by Crippen LogP contribution is 2.43. The maximum atomic E-state index is 5.27. The van der Waals surface area contributed by atoms with E-state index in [9.17, 15) is 0 Å². The predicted molar refractivity (Wildman–Crippen MR) is 90.9 cm³/mol. The monoisotopic (exact) mass is 295 g/mol. The quantitative estimate of drug-likeness (QED) is 0.805. The zero-order valence-electron chi connectivity index (χ0n) is 13.7. The van der Waals surface area contributed by atoms with Gasteiger partial charge in [-0.05, 0) is 36.8 Å². The summed E-state index contributed by atoms with van der Waals surface area (Å²) in [6.45, 7) is 2.30. The molecule has 0 bridgehead atoms. The molecule has 1 fully saturated rings. The minimum Gasteiger partial charge on any atom is -0.497 e. The van der Waals surface area contributed by atoms with Gasteiger partial charge in [0.05, 0.1) is 21.2 Å². The van der Waals surface area contributed by atoms with E-state index < -0.39 is 0 Å². The Balaban J connectivity index is 2.01. The van der Waals surface area contributed by atoms with E-state index in [-0.39, 0.29) is 0 Å². The number of hydrogen-bond donors (Lipinski definition) is 0. The van der Waals surface area contributed by atoms with Crippen molar-refractivity contribution in [3.8, 4) is 5.75 Å². The summed E-state index contributed by atoms with van der Waals surface area (Å²) in [5.74, 6) is 2.73. The summed E-state index contributed by atoms with van der Waals surface area (Å²) in [6.07, 6.45) is 0. The lowest BCUT2D eigenvalue weighted by molar-refractivity contribution is -0.470. The molecule has 0 spiro atoms. The fourth-order valence-corrected chi connectivity index (χ4v) is 3.39. The molecule has 2 unspecified atom stereocenters. The van der Waals surface area contributed by atoms with Crippen LogP contribution in [0.1, 0.15) is 18.5 Å². The Bertz CT molecular complexity index is 672. The lowest BCUT2D eigenvalue weighted by Crippen LogP contribution is -2.57. The lowest BCUT2D eigenvalue weighted by Gasteiger charge is -2.42. The lowest BCUT2D eigenvalue weighted by atomic mass is 9.82. The third-order valence-electron chi connectivity index (χ3n) is 4.36. The van der Waals surface area contributed by atoms with Crippen molar-refractivity contribution in [2.75, 3.05) is 26.1 Å². The smallest absolute Gasteiger partial charge is 0.259 e. The van der Waals surface area contributed by atoms with Crippen molar-refractivity contribution in [2.24, 2.45) is 5.92 Å². The Hall–Kier alpha value is -2.29. The van der Waals surface area contributed by atoms with Crippen molar-refractivity contribution in [2.45, 2.75) is 13.0 Å². The number of nitrogens with zero attached hydrogens (tertiary/aromatic N) is 2. The van der Waals surface area contributed by atoms with E-state index in [1.165, 1.54) is 17.1 Å². The first-order valence-corrected chi connectivity index (χ1v) is 7.66. The number of anilines is 1. The van der Waals surface area contributed by atoms with E-state index in [1.807, 2.05) is 12.1 Å². The second kappa shape index (κ2) is 5.84. The number of hydrogen-bond acceptors (Lipinski definition) is 1. The maximum absolute atomic E-state index is 5.27. The van der Waals surface area contributed by atoms with Gasteiger partial charge in [-0.15, -0.1) is 0 Å². The summed E-state index contributed by atoms with van der Waals surface area (Å²) in [4.78, 5) is 2.42. The zero-order valence-corrected chi connectivity index (χ0v) is 13.7. The molecule has 1 saturated heterocycles. The fraction of sp³-hybridized carbons (Fsp3) is 0.316. The molecule has 3 heteroatoms. The van der Waals surface area contributed by atoms with Gasteiger partial charge in [0.15, 0.2) is 0 Å². The maximum Gasteiger partial charge on any atom is 0.259 e. The summed E-state index contributed by atoms with van der Waals surface area (Å²) < 4.78 is 7.49. The molecule has 0 saturated carbocycles. The van der Waals surface area contributed by atoms with E-state index in [1.54, 1.807) is 7.11 Å². The van der Waals surface area contributed by atoms with Gasteiger partial charge in [-0.25, -0.2) is 4.90 Å². The molecule has 2 aromatic carbocycles. The van der Waals surface area contributed by atoms with Crippen LogP contribution in [0.15, 0.2) is 54.6 Å². The Morgan fingerprint density at radius 2 is 1.59 bits per heavy atom. The summed E-state index contributed by atoms with van der Waals surface area (Å²) in [5.41, 5.74) is 2.56. The largest absolute Gasteiger partial charge is 0.497 e. The first-order valence-electron chi connectivity index (χ1n) is 7.66. The minimum absolute atomic E-state index is 0.381. The molecule has 0 amide bonds. The van der Waals surface area contributed by atoms with Crippen LogP contribution in [0, 0.1) is 5.92 Å². The van der Waals surface area contributed by atoms with Gasteiger partial charge in [-0.1, -0.05) is 30.3 Å². The topological polar surface area (TPSA) is 15.5 Å². The number of methoxy groups -OCH3 is 1. The average molecular weight is 295 g/mol. The van der Waals surface area contributed by atoms with Gasteiger partial charge in [0.2, 0.25) is 0 Å². The SMILES string of the molecule is COc1ccc(N2C(=[N+](C)C)C(C)C2c2ccccc2)cc1. The summed E-state index contributed by atoms with van der Waals surface area (Å²) in [7, 11) is 5.93. The highest BCUT2D eigenvalue weighted by Gasteiger charge is 2.52. The molecule has 1 aliphatic heterocycles. The van der Waals surface area contributed by atoms with Crippen molar-refractivity contribution in [1.29, 1.82) is 0 Å². The molecule has 0 N–H and O–H groups in total. The Morgan fingerprint density at radius 1 is 0.955 bits per heavy atom. The van der Waals surface area contributed by atoms with Crippen LogP contribution in [0.4, 0.5) is 5.69 Å². The highest BCUT2D eigenvalue weighted by molar-refractivity contribution is 6.03. The van der Waals surface area contributed by atoms with Crippen molar-refractivity contribution in [1.82, 2.24) is 0 Å². The van der Waals surface area contributed by atoms with Crippen LogP contribution in [0.5, 0.6) is 5.75 Å². The van der Waals surface area contributed by atoms with Gasteiger partial charge < -0.3 is 4.74 Å². The normalized spacial score (nSPS) is 20.5. The van der Waals surface area contributed by atoms with Gasteiger partial charge in [0.1, 0.15) is 23.4 Å². The molecule has 22 heavy (non-hydrogen) atoms. The van der Waals surface area contributed by atoms with Crippen molar-refractivity contribution >= 4 is 11.5 Å². The average Bonchev–Trinajstić information content (AvgIpc) is 2.53. The molecule has 3 rings (SSSR count). The fourth-order valence-electron chi connectivity index (χ4n) is 3.39. The van der Waals surface area contributed by atoms with Crippen LogP contribution in [0.2, 0.25) is 0 Å². The van der Waals surface area contributed by atoms with E-state index in [0.717, 1.165) is 5.75 Å². The zero-order chi connectivity index (χ0) is 15.7. The Morgan fingerprint density at radius 3 is 2.14 bits per heavy atom. The minimum atomic E-state index is 0.381. The summed E-state index contributed by atoms with van der Waals surface area (Å²) >= 11 is 0. The van der Waals surface area contributed by atoms with Crippen molar-refractivity contribution in [3.63, 3.8) is 0 Å². The standard InChI is InChI=1S/C19H23N2O/c1-14-18(15-8-6-5-7-9-15)21(19(14)20(2)3)16-10-12-17(22-4)13-11-16/h5-14,18H,1-4H3/q+1. The second-order valence-electron chi connectivity index (χ2n) is 5.96. The van der Waals surface area contributed by atoms with Gasteiger partial charge >= 0.3 is 0 Å². The van der Waals surface area contributed by atoms with Crippen LogP contribution in [0.25, 0.3) is 0 Å². The first kappa shape index (κ1) is 14.6. The molecule has 114 valence electrons. The molecule has 2 aromatic rings. The molecule has 1 heterocycles. The first-order chi connectivity index (χ1) is 10.6. The molecule has 0 radical (unpaired) electrons. The number of rotatable bonds is 3. The molecule has 3 nitrogen and oxygen atoms in total.